The van der Waals surface area contributed by atoms with Crippen LogP contribution >= 0.6 is 15.9 Å². The fourth-order valence-electron chi connectivity index (χ4n) is 4.58. The van der Waals surface area contributed by atoms with Crippen molar-refractivity contribution in [2.24, 2.45) is 0 Å². The van der Waals surface area contributed by atoms with Crippen molar-refractivity contribution in [1.82, 2.24) is 10.2 Å². The Morgan fingerprint density at radius 3 is 2.27 bits per heavy atom. The Hall–Kier alpha value is -3.17. The average Bonchev–Trinajstić information content (AvgIpc) is 2.92. The number of hydrogen-bond acceptors (Lipinski definition) is 4. The Bertz CT molecular complexity index is 1380. The van der Waals surface area contributed by atoms with Crippen molar-refractivity contribution in [3.63, 3.8) is 0 Å². The Morgan fingerprint density at radius 2 is 1.62 bits per heavy atom. The lowest BCUT2D eigenvalue weighted by molar-refractivity contribution is -0.141. The molecule has 3 rings (SSSR count). The lowest BCUT2D eigenvalue weighted by atomic mass is 10.0. The lowest BCUT2D eigenvalue weighted by Gasteiger charge is -2.32. The van der Waals surface area contributed by atoms with Crippen LogP contribution in [0.4, 0.5) is 5.69 Å². The Morgan fingerprint density at radius 1 is 0.950 bits per heavy atom. The average molecular weight is 629 g/mol. The van der Waals surface area contributed by atoms with Crippen LogP contribution in [0.15, 0.2) is 83.3 Å². The summed E-state index contributed by atoms with van der Waals surface area (Å²) in [7, 11) is -3.55. The molecule has 9 heteroatoms. The molecule has 1 N–H and O–H groups in total. The molecule has 0 saturated heterocycles. The maximum Gasteiger partial charge on any atom is 0.243 e. The molecule has 2 amide bonds. The van der Waals surface area contributed by atoms with Gasteiger partial charge in [0.1, 0.15) is 6.04 Å². The zero-order chi connectivity index (χ0) is 29.1. The summed E-state index contributed by atoms with van der Waals surface area (Å²) in [5.74, 6) is -0.405. The molecule has 0 radical (unpaired) electrons. The van der Waals surface area contributed by atoms with Crippen LogP contribution in [0, 0.1) is 6.92 Å². The molecule has 7 nitrogen and oxygen atoms in total. The first-order valence-corrected chi connectivity index (χ1v) is 16.1. The number of rotatable bonds is 14. The van der Waals surface area contributed by atoms with Crippen LogP contribution in [-0.2, 0) is 32.6 Å². The van der Waals surface area contributed by atoms with Gasteiger partial charge in [-0.05, 0) is 54.7 Å². The summed E-state index contributed by atoms with van der Waals surface area (Å²) in [5.41, 5.74) is 3.28. The van der Waals surface area contributed by atoms with E-state index in [4.69, 9.17) is 0 Å². The van der Waals surface area contributed by atoms with Crippen molar-refractivity contribution in [3.05, 3.63) is 100 Å². The first-order chi connectivity index (χ1) is 19.1. The van der Waals surface area contributed by atoms with Crippen molar-refractivity contribution in [2.45, 2.75) is 52.1 Å². The summed E-state index contributed by atoms with van der Waals surface area (Å²) in [6.07, 6.45) is 2.73. The second kappa shape index (κ2) is 15.0. The van der Waals surface area contributed by atoms with Gasteiger partial charge < -0.3 is 10.2 Å². The normalized spacial score (nSPS) is 12.0. The third-order valence-corrected chi connectivity index (χ3v) is 8.27. The molecule has 0 unspecified atom stereocenters. The molecule has 214 valence electrons. The van der Waals surface area contributed by atoms with Crippen LogP contribution in [0.3, 0.4) is 0 Å². The topological polar surface area (TPSA) is 86.8 Å². The molecule has 1 atom stereocenters. The molecule has 0 fully saturated rings. The number of nitrogens with zero attached hydrogens (tertiary/aromatic N) is 2. The highest BCUT2D eigenvalue weighted by Crippen LogP contribution is 2.23. The largest absolute Gasteiger partial charge is 0.354 e. The number of aryl methyl sites for hydroxylation is 1. The molecule has 0 heterocycles. The molecule has 0 aliphatic carbocycles. The quantitative estimate of drug-likeness (QED) is 0.257. The maximum absolute atomic E-state index is 13.8. The number of amides is 2. The number of carbonyl (C=O) groups is 2. The summed E-state index contributed by atoms with van der Waals surface area (Å²) in [6.45, 7) is 4.78. The molecule has 0 aromatic heterocycles. The van der Waals surface area contributed by atoms with Gasteiger partial charge in [0.2, 0.25) is 21.8 Å². The zero-order valence-electron chi connectivity index (χ0n) is 23.3. The van der Waals surface area contributed by atoms with Crippen LogP contribution in [0.25, 0.3) is 0 Å². The van der Waals surface area contributed by atoms with E-state index in [2.05, 4.69) is 21.2 Å². The fourth-order valence-corrected chi connectivity index (χ4v) is 6.05. The number of benzene rings is 3. The fraction of sp³-hybridized carbons (Fsp3) is 0.355. The van der Waals surface area contributed by atoms with E-state index in [1.807, 2.05) is 80.6 Å². The first-order valence-electron chi connectivity index (χ1n) is 13.5. The summed E-state index contributed by atoms with van der Waals surface area (Å²) in [6, 6.07) is 23.9. The van der Waals surface area contributed by atoms with E-state index in [9.17, 15) is 18.0 Å². The monoisotopic (exact) mass is 627 g/mol. The van der Waals surface area contributed by atoms with Crippen molar-refractivity contribution < 1.29 is 18.0 Å². The Balaban J connectivity index is 1.88. The minimum Gasteiger partial charge on any atom is -0.354 e. The molecule has 0 aliphatic rings. The van der Waals surface area contributed by atoms with Gasteiger partial charge in [-0.3, -0.25) is 13.9 Å². The van der Waals surface area contributed by atoms with Gasteiger partial charge in [-0.1, -0.05) is 83.5 Å². The third-order valence-electron chi connectivity index (χ3n) is 6.60. The van der Waals surface area contributed by atoms with E-state index in [0.717, 1.165) is 27.6 Å². The lowest BCUT2D eigenvalue weighted by Crippen LogP contribution is -2.50. The smallest absolute Gasteiger partial charge is 0.243 e. The van der Waals surface area contributed by atoms with Crippen LogP contribution in [0.2, 0.25) is 0 Å². The van der Waals surface area contributed by atoms with Gasteiger partial charge in [0, 0.05) is 36.9 Å². The van der Waals surface area contributed by atoms with Gasteiger partial charge in [-0.2, -0.15) is 0 Å². The summed E-state index contributed by atoms with van der Waals surface area (Å²) in [4.78, 5) is 28.9. The Labute approximate surface area is 246 Å². The number of nitrogens with one attached hydrogen (secondary N) is 1. The highest BCUT2D eigenvalue weighted by atomic mass is 79.9. The van der Waals surface area contributed by atoms with Gasteiger partial charge in [0.15, 0.2) is 0 Å². The van der Waals surface area contributed by atoms with Gasteiger partial charge >= 0.3 is 0 Å². The van der Waals surface area contributed by atoms with E-state index in [-0.39, 0.29) is 31.3 Å². The van der Waals surface area contributed by atoms with E-state index in [1.54, 1.807) is 17.0 Å². The Kier molecular flexibility index (Phi) is 11.8. The van der Waals surface area contributed by atoms with E-state index >= 15 is 0 Å². The highest BCUT2D eigenvalue weighted by Gasteiger charge is 2.30. The third kappa shape index (κ3) is 9.20. The van der Waals surface area contributed by atoms with Gasteiger partial charge in [0.05, 0.1) is 11.9 Å². The number of para-hydroxylation sites is 1. The second-order valence-corrected chi connectivity index (χ2v) is 12.7. The summed E-state index contributed by atoms with van der Waals surface area (Å²) in [5, 5.41) is 2.98. The molecular weight excluding hydrogens is 590 g/mol. The van der Waals surface area contributed by atoms with Crippen LogP contribution in [0.1, 0.15) is 42.9 Å². The van der Waals surface area contributed by atoms with Crippen molar-refractivity contribution in [3.8, 4) is 0 Å². The van der Waals surface area contributed by atoms with E-state index in [1.165, 1.54) is 10.6 Å². The predicted octanol–water partition coefficient (Wildman–Crippen LogP) is 5.47. The van der Waals surface area contributed by atoms with Crippen LogP contribution in [0.5, 0.6) is 0 Å². The van der Waals surface area contributed by atoms with E-state index in [0.29, 0.717) is 25.1 Å². The minimum absolute atomic E-state index is 0.0955. The van der Waals surface area contributed by atoms with Gasteiger partial charge in [-0.25, -0.2) is 8.42 Å². The van der Waals surface area contributed by atoms with Crippen LogP contribution in [-0.4, -0.2) is 50.5 Å². The number of anilines is 1. The van der Waals surface area contributed by atoms with Crippen molar-refractivity contribution in [2.75, 3.05) is 23.7 Å². The maximum atomic E-state index is 13.8. The van der Waals surface area contributed by atoms with Crippen molar-refractivity contribution >= 4 is 43.5 Å². The SMILES string of the molecule is CCCNC(=O)[C@@H](Cc1ccccc1)N(Cc1cccc(Br)c1)C(=O)CCCN(c1ccccc1C)S(C)(=O)=O. The second-order valence-electron chi connectivity index (χ2n) is 9.87. The predicted molar refractivity (Wildman–Crippen MR) is 165 cm³/mol. The number of hydrogen-bond donors (Lipinski definition) is 1. The van der Waals surface area contributed by atoms with Gasteiger partial charge in [0.25, 0.3) is 0 Å². The standard InChI is InChI=1S/C31H38BrN3O4S/c1-4-19-33-31(37)29(22-25-13-6-5-7-14-25)34(23-26-15-10-16-27(32)21-26)30(36)18-11-20-35(40(3,38)39)28-17-9-8-12-24(28)2/h5-10,12-17,21,29H,4,11,18-20,22-23H2,1-3H3,(H,33,37)/t29-/m1/s1. The van der Waals surface area contributed by atoms with E-state index < -0.39 is 16.1 Å². The zero-order valence-corrected chi connectivity index (χ0v) is 25.7. The molecular formula is C31H38BrN3O4S. The number of halogens is 1. The highest BCUT2D eigenvalue weighted by molar-refractivity contribution is 9.10. The minimum atomic E-state index is -3.55. The molecule has 3 aromatic carbocycles. The van der Waals surface area contributed by atoms with Crippen molar-refractivity contribution in [1.29, 1.82) is 0 Å². The molecule has 0 spiro atoms. The molecule has 40 heavy (non-hydrogen) atoms. The number of carbonyl (C=O) groups excluding carboxylic acids is 2. The number of sulfonamides is 1. The molecule has 3 aromatic rings. The summed E-state index contributed by atoms with van der Waals surface area (Å²) < 4.78 is 27.5. The summed E-state index contributed by atoms with van der Waals surface area (Å²) >= 11 is 3.50. The molecule has 0 saturated carbocycles. The first kappa shape index (κ1) is 31.4. The van der Waals surface area contributed by atoms with Gasteiger partial charge in [-0.15, -0.1) is 0 Å². The molecule has 0 aliphatic heterocycles. The molecule has 0 bridgehead atoms. The van der Waals surface area contributed by atoms with Crippen LogP contribution < -0.4 is 9.62 Å².